The molecule has 8 heteroatoms. The summed E-state index contributed by atoms with van der Waals surface area (Å²) in [6, 6.07) is -1.67. The van der Waals surface area contributed by atoms with Crippen LogP contribution >= 0.6 is 0 Å². The minimum absolute atomic E-state index is 0.0608. The fourth-order valence-electron chi connectivity index (χ4n) is 2.48. The fourth-order valence-corrected chi connectivity index (χ4v) is 2.48. The lowest BCUT2D eigenvalue weighted by molar-refractivity contribution is -0.139. The first-order valence-corrected chi connectivity index (χ1v) is 7.03. The average molecular weight is 301 g/mol. The Hall–Kier alpha value is -1.83. The Morgan fingerprint density at radius 2 is 2.00 bits per heavy atom. The van der Waals surface area contributed by atoms with E-state index in [2.05, 4.69) is 5.32 Å². The second-order valence-corrected chi connectivity index (χ2v) is 5.15. The zero-order chi connectivity index (χ0) is 15.8. The zero-order valence-corrected chi connectivity index (χ0v) is 12.2. The van der Waals surface area contributed by atoms with Gasteiger partial charge in [0.25, 0.3) is 0 Å². The van der Waals surface area contributed by atoms with E-state index < -0.39 is 23.9 Å². The lowest BCUT2D eigenvalue weighted by atomic mass is 10.2. The number of nitrogens with two attached hydrogens (primary N) is 1. The van der Waals surface area contributed by atoms with Crippen molar-refractivity contribution in [1.29, 1.82) is 0 Å². The average Bonchev–Trinajstić information content (AvgIpc) is 2.93. The van der Waals surface area contributed by atoms with Crippen molar-refractivity contribution in [3.05, 3.63) is 0 Å². The molecule has 1 aliphatic carbocycles. The van der Waals surface area contributed by atoms with Crippen LogP contribution in [-0.2, 0) is 14.3 Å². The van der Waals surface area contributed by atoms with Crippen molar-refractivity contribution >= 4 is 17.9 Å². The molecule has 1 aliphatic rings. The number of rotatable bonds is 8. The molecule has 3 amide bonds. The Balaban J connectivity index is 2.68. The second-order valence-electron chi connectivity index (χ2n) is 5.15. The molecule has 0 aromatic heterocycles. The predicted octanol–water partition coefficient (Wildman–Crippen LogP) is -0.0844. The molecule has 120 valence electrons. The number of methoxy groups -OCH3 is 1. The molecule has 1 atom stereocenters. The van der Waals surface area contributed by atoms with Gasteiger partial charge in [-0.2, -0.15) is 0 Å². The topological polar surface area (TPSA) is 122 Å². The Kier molecular flexibility index (Phi) is 6.93. The van der Waals surface area contributed by atoms with Crippen LogP contribution in [0.25, 0.3) is 0 Å². The number of aliphatic carboxylic acids is 1. The number of amides is 3. The smallest absolute Gasteiger partial charge is 0.326 e. The van der Waals surface area contributed by atoms with Crippen molar-refractivity contribution in [3.8, 4) is 0 Å². The molecule has 0 saturated heterocycles. The molecule has 4 N–H and O–H groups in total. The van der Waals surface area contributed by atoms with Gasteiger partial charge >= 0.3 is 12.0 Å². The summed E-state index contributed by atoms with van der Waals surface area (Å²) in [4.78, 5) is 35.8. The highest BCUT2D eigenvalue weighted by Gasteiger charge is 2.30. The van der Waals surface area contributed by atoms with Gasteiger partial charge < -0.3 is 25.8 Å². The van der Waals surface area contributed by atoms with Crippen molar-refractivity contribution in [1.82, 2.24) is 10.2 Å². The summed E-state index contributed by atoms with van der Waals surface area (Å²) in [7, 11) is 1.46. The Morgan fingerprint density at radius 3 is 2.48 bits per heavy atom. The van der Waals surface area contributed by atoms with Crippen molar-refractivity contribution in [3.63, 3.8) is 0 Å². The number of carbonyl (C=O) groups is 3. The van der Waals surface area contributed by atoms with Gasteiger partial charge in [0.15, 0.2) is 0 Å². The van der Waals surface area contributed by atoms with Gasteiger partial charge in [-0.15, -0.1) is 0 Å². The Bertz CT molecular complexity index is 382. The van der Waals surface area contributed by atoms with Crippen molar-refractivity contribution in [2.24, 2.45) is 5.73 Å². The molecule has 0 bridgehead atoms. The number of carboxylic acids is 1. The molecule has 21 heavy (non-hydrogen) atoms. The van der Waals surface area contributed by atoms with E-state index in [4.69, 9.17) is 15.6 Å². The lowest BCUT2D eigenvalue weighted by Gasteiger charge is -2.29. The Labute approximate surface area is 123 Å². The van der Waals surface area contributed by atoms with Crippen LogP contribution in [-0.4, -0.2) is 60.3 Å². The third-order valence-electron chi connectivity index (χ3n) is 3.56. The van der Waals surface area contributed by atoms with E-state index >= 15 is 0 Å². The number of carbonyl (C=O) groups excluding carboxylic acids is 2. The molecule has 0 aliphatic heterocycles. The van der Waals surface area contributed by atoms with E-state index in [9.17, 15) is 14.4 Å². The quantitative estimate of drug-likeness (QED) is 0.578. The summed E-state index contributed by atoms with van der Waals surface area (Å²) in [5, 5.41) is 11.5. The summed E-state index contributed by atoms with van der Waals surface area (Å²) in [5.41, 5.74) is 5.17. The normalized spacial score (nSPS) is 16.4. The molecule has 0 aromatic rings. The predicted molar refractivity (Wildman–Crippen MR) is 74.6 cm³/mol. The first-order chi connectivity index (χ1) is 9.95. The number of hydrogen-bond acceptors (Lipinski definition) is 4. The van der Waals surface area contributed by atoms with Gasteiger partial charge in [0.05, 0.1) is 0 Å². The summed E-state index contributed by atoms with van der Waals surface area (Å²) in [6.07, 6.45) is 3.73. The van der Waals surface area contributed by atoms with Gasteiger partial charge in [0.1, 0.15) is 12.6 Å². The first kappa shape index (κ1) is 17.2. The molecular weight excluding hydrogens is 278 g/mol. The standard InChI is InChI=1S/C13H23N3O5/c1-21-7-6-10(12(18)19)15-13(20)16(8-11(14)17)9-4-2-3-5-9/h9-10H,2-8H2,1H3,(H2,14,17)(H,15,20)(H,18,19). The van der Waals surface area contributed by atoms with Crippen molar-refractivity contribution < 1.29 is 24.2 Å². The van der Waals surface area contributed by atoms with Gasteiger partial charge in [-0.05, 0) is 12.8 Å². The zero-order valence-electron chi connectivity index (χ0n) is 12.2. The SMILES string of the molecule is COCCC(NC(=O)N(CC(N)=O)C1CCCC1)C(=O)O. The number of urea groups is 1. The molecule has 1 unspecified atom stereocenters. The first-order valence-electron chi connectivity index (χ1n) is 7.03. The largest absolute Gasteiger partial charge is 0.480 e. The van der Waals surface area contributed by atoms with Gasteiger partial charge in [-0.3, -0.25) is 4.79 Å². The van der Waals surface area contributed by atoms with Crippen LogP contribution in [0.15, 0.2) is 0 Å². The maximum atomic E-state index is 12.2. The highest BCUT2D eigenvalue weighted by Crippen LogP contribution is 2.23. The molecule has 0 radical (unpaired) electrons. The minimum Gasteiger partial charge on any atom is -0.480 e. The number of nitrogens with one attached hydrogen (secondary N) is 1. The molecular formula is C13H23N3O5. The monoisotopic (exact) mass is 301 g/mol. The molecule has 1 saturated carbocycles. The molecule has 0 spiro atoms. The second kappa shape index (κ2) is 8.46. The van der Waals surface area contributed by atoms with E-state index in [-0.39, 0.29) is 25.6 Å². The summed E-state index contributed by atoms with van der Waals surface area (Å²) >= 11 is 0. The van der Waals surface area contributed by atoms with E-state index in [0.717, 1.165) is 25.7 Å². The van der Waals surface area contributed by atoms with Crippen LogP contribution in [0, 0.1) is 0 Å². The summed E-state index contributed by atoms with van der Waals surface area (Å²) in [5.74, 6) is -1.74. The molecule has 0 heterocycles. The number of hydrogen-bond donors (Lipinski definition) is 3. The van der Waals surface area contributed by atoms with Gasteiger partial charge in [0.2, 0.25) is 5.91 Å². The maximum Gasteiger partial charge on any atom is 0.326 e. The fraction of sp³-hybridized carbons (Fsp3) is 0.769. The summed E-state index contributed by atoms with van der Waals surface area (Å²) < 4.78 is 4.83. The van der Waals surface area contributed by atoms with Crippen LogP contribution in [0.3, 0.4) is 0 Å². The van der Waals surface area contributed by atoms with Crippen molar-refractivity contribution in [2.45, 2.75) is 44.2 Å². The van der Waals surface area contributed by atoms with Crippen molar-refractivity contribution in [2.75, 3.05) is 20.3 Å². The molecule has 0 aromatic carbocycles. The molecule has 1 fully saturated rings. The van der Waals surface area contributed by atoms with E-state index in [1.807, 2.05) is 0 Å². The van der Waals surface area contributed by atoms with Crippen LogP contribution < -0.4 is 11.1 Å². The lowest BCUT2D eigenvalue weighted by Crippen LogP contribution is -2.53. The van der Waals surface area contributed by atoms with Crippen LogP contribution in [0.2, 0.25) is 0 Å². The van der Waals surface area contributed by atoms with Gasteiger partial charge in [0, 0.05) is 26.2 Å². The van der Waals surface area contributed by atoms with Gasteiger partial charge in [-0.1, -0.05) is 12.8 Å². The number of carboxylic acid groups (broad SMARTS) is 1. The van der Waals surface area contributed by atoms with E-state index in [1.54, 1.807) is 0 Å². The number of nitrogens with zero attached hydrogens (tertiary/aromatic N) is 1. The summed E-state index contributed by atoms with van der Waals surface area (Å²) in [6.45, 7) is 0.0175. The minimum atomic E-state index is -1.13. The highest BCUT2D eigenvalue weighted by molar-refractivity contribution is 5.86. The highest BCUT2D eigenvalue weighted by atomic mass is 16.5. The van der Waals surface area contributed by atoms with E-state index in [0.29, 0.717) is 0 Å². The number of ether oxygens (including phenoxy) is 1. The van der Waals surface area contributed by atoms with Gasteiger partial charge in [-0.25, -0.2) is 9.59 Å². The Morgan fingerprint density at radius 1 is 1.38 bits per heavy atom. The third-order valence-corrected chi connectivity index (χ3v) is 3.56. The van der Waals surface area contributed by atoms with Crippen LogP contribution in [0.5, 0.6) is 0 Å². The maximum absolute atomic E-state index is 12.2. The van der Waals surface area contributed by atoms with E-state index in [1.165, 1.54) is 12.0 Å². The van der Waals surface area contributed by atoms with Crippen LogP contribution in [0.4, 0.5) is 4.79 Å². The molecule has 8 nitrogen and oxygen atoms in total. The van der Waals surface area contributed by atoms with Crippen LogP contribution in [0.1, 0.15) is 32.1 Å². The number of primary amides is 1. The molecule has 1 rings (SSSR count). The third kappa shape index (κ3) is 5.58.